The minimum Gasteiger partial charge on any atom is -0.480 e. The lowest BCUT2D eigenvalue weighted by molar-refractivity contribution is -0.142. The van der Waals surface area contributed by atoms with Crippen LogP contribution < -0.4 is 0 Å². The first kappa shape index (κ1) is 20.6. The van der Waals surface area contributed by atoms with E-state index in [0.29, 0.717) is 19.6 Å². The molecule has 1 fully saturated rings. The van der Waals surface area contributed by atoms with Gasteiger partial charge in [0.2, 0.25) is 5.91 Å². The number of aliphatic carboxylic acids is 1. The molecule has 2 N–H and O–H groups in total. The van der Waals surface area contributed by atoms with Crippen LogP contribution in [0, 0.1) is 0 Å². The van der Waals surface area contributed by atoms with Gasteiger partial charge in [-0.25, -0.2) is 4.79 Å². The van der Waals surface area contributed by atoms with E-state index in [0.717, 1.165) is 44.9 Å². The normalized spacial score (nSPS) is 19.3. The minimum absolute atomic E-state index is 0.0678. The van der Waals surface area contributed by atoms with Crippen molar-refractivity contribution in [1.29, 1.82) is 0 Å². The zero-order chi connectivity index (χ0) is 17.8. The number of aliphatic hydroxyl groups excluding tert-OH is 1. The highest BCUT2D eigenvalue weighted by atomic mass is 16.5. The molecule has 0 spiro atoms. The van der Waals surface area contributed by atoms with E-state index in [-0.39, 0.29) is 18.6 Å². The third-order valence-electron chi connectivity index (χ3n) is 4.20. The third kappa shape index (κ3) is 8.45. The summed E-state index contributed by atoms with van der Waals surface area (Å²) in [5, 5.41) is 18.4. The van der Waals surface area contributed by atoms with Crippen LogP contribution in [0.4, 0.5) is 0 Å². The van der Waals surface area contributed by atoms with Crippen LogP contribution in [0.3, 0.4) is 0 Å². The van der Waals surface area contributed by atoms with Crippen LogP contribution >= 0.6 is 0 Å². The number of hydrogen-bond donors (Lipinski definition) is 2. The van der Waals surface area contributed by atoms with Crippen molar-refractivity contribution in [3.63, 3.8) is 0 Å². The smallest absolute Gasteiger partial charge is 0.329 e. The minimum atomic E-state index is -0.965. The highest BCUT2D eigenvalue weighted by molar-refractivity contribution is 5.79. The molecule has 0 aromatic rings. The summed E-state index contributed by atoms with van der Waals surface area (Å²) in [6.07, 6.45) is 10.3. The van der Waals surface area contributed by atoms with Crippen molar-refractivity contribution < 1.29 is 24.5 Å². The maximum absolute atomic E-state index is 12.0. The van der Waals surface area contributed by atoms with Crippen molar-refractivity contribution in [1.82, 2.24) is 4.90 Å². The number of nitrogens with zero attached hydrogens (tertiary/aromatic N) is 1. The van der Waals surface area contributed by atoms with Crippen LogP contribution in [-0.4, -0.2) is 58.9 Å². The molecule has 0 aliphatic carbocycles. The number of carbonyl (C=O) groups excluding carboxylic acids is 1. The fourth-order valence-corrected chi connectivity index (χ4v) is 2.85. The molecule has 6 nitrogen and oxygen atoms in total. The van der Waals surface area contributed by atoms with Crippen LogP contribution in [0.2, 0.25) is 0 Å². The maximum Gasteiger partial charge on any atom is 0.329 e. The first-order chi connectivity index (χ1) is 11.5. The average molecular weight is 341 g/mol. The molecule has 0 saturated carbocycles. The van der Waals surface area contributed by atoms with Crippen molar-refractivity contribution in [3.05, 3.63) is 12.2 Å². The quantitative estimate of drug-likeness (QED) is 0.397. The SMILES string of the molecule is CCCCC[C@@H](O)C=CC1CCC(=O)N1CCCCOCC(=O)O. The zero-order valence-electron chi connectivity index (χ0n) is 14.7. The Labute approximate surface area is 144 Å². The number of rotatable bonds is 13. The second kappa shape index (κ2) is 12.0. The Bertz CT molecular complexity index is 410. The highest BCUT2D eigenvalue weighted by Crippen LogP contribution is 2.21. The second-order valence-corrected chi connectivity index (χ2v) is 6.29. The third-order valence-corrected chi connectivity index (χ3v) is 4.20. The number of ether oxygens (including phenoxy) is 1. The standard InChI is InChI=1S/C18H31NO5/c1-2-3-4-7-16(20)10-8-15-9-11-17(21)19(15)12-5-6-13-24-14-18(22)23/h8,10,15-16,20H,2-7,9,11-14H2,1H3,(H,22,23)/t15?,16-/m1/s1. The molecule has 6 heteroatoms. The predicted octanol–water partition coefficient (Wildman–Crippen LogP) is 2.36. The van der Waals surface area contributed by atoms with E-state index in [1.54, 1.807) is 0 Å². The van der Waals surface area contributed by atoms with Crippen LogP contribution in [0.1, 0.15) is 58.3 Å². The Morgan fingerprint density at radius 3 is 2.88 bits per heavy atom. The van der Waals surface area contributed by atoms with Gasteiger partial charge in [0.1, 0.15) is 6.61 Å². The van der Waals surface area contributed by atoms with Crippen molar-refractivity contribution in [2.45, 2.75) is 70.4 Å². The van der Waals surface area contributed by atoms with E-state index < -0.39 is 12.1 Å². The lowest BCUT2D eigenvalue weighted by atomic mass is 10.1. The van der Waals surface area contributed by atoms with E-state index in [9.17, 15) is 14.7 Å². The molecule has 2 atom stereocenters. The summed E-state index contributed by atoms with van der Waals surface area (Å²) in [5.74, 6) is -0.816. The second-order valence-electron chi connectivity index (χ2n) is 6.29. The molecule has 1 aliphatic heterocycles. The van der Waals surface area contributed by atoms with Gasteiger partial charge in [0.25, 0.3) is 0 Å². The molecule has 0 aromatic heterocycles. The number of amides is 1. The summed E-state index contributed by atoms with van der Waals surface area (Å²) in [6.45, 7) is 2.90. The summed E-state index contributed by atoms with van der Waals surface area (Å²) >= 11 is 0. The number of hydrogen-bond acceptors (Lipinski definition) is 4. The van der Waals surface area contributed by atoms with Gasteiger partial charge in [-0.1, -0.05) is 38.3 Å². The van der Waals surface area contributed by atoms with Gasteiger partial charge < -0.3 is 19.8 Å². The van der Waals surface area contributed by atoms with Gasteiger partial charge in [0.15, 0.2) is 0 Å². The number of carbonyl (C=O) groups is 2. The molecule has 0 bridgehead atoms. The summed E-state index contributed by atoms with van der Waals surface area (Å²) in [5.41, 5.74) is 0. The lowest BCUT2D eigenvalue weighted by Gasteiger charge is -2.22. The number of carboxylic acids is 1. The van der Waals surface area contributed by atoms with Gasteiger partial charge in [-0.15, -0.1) is 0 Å². The monoisotopic (exact) mass is 341 g/mol. The van der Waals surface area contributed by atoms with Gasteiger partial charge in [-0.2, -0.15) is 0 Å². The van der Waals surface area contributed by atoms with E-state index in [4.69, 9.17) is 9.84 Å². The molecule has 24 heavy (non-hydrogen) atoms. The topological polar surface area (TPSA) is 87.1 Å². The number of aliphatic hydroxyl groups is 1. The zero-order valence-corrected chi connectivity index (χ0v) is 14.7. The Morgan fingerprint density at radius 1 is 1.38 bits per heavy atom. The predicted molar refractivity (Wildman–Crippen MR) is 91.7 cm³/mol. The number of carboxylic acid groups (broad SMARTS) is 1. The number of unbranched alkanes of at least 4 members (excludes halogenated alkanes) is 3. The van der Waals surface area contributed by atoms with Gasteiger partial charge in [-0.3, -0.25) is 4.79 Å². The first-order valence-electron chi connectivity index (χ1n) is 9.00. The summed E-state index contributed by atoms with van der Waals surface area (Å²) in [4.78, 5) is 24.2. The molecule has 1 saturated heterocycles. The van der Waals surface area contributed by atoms with Crippen molar-refractivity contribution in [2.24, 2.45) is 0 Å². The Hall–Kier alpha value is -1.40. The average Bonchev–Trinajstić information content (AvgIpc) is 2.89. The lowest BCUT2D eigenvalue weighted by Crippen LogP contribution is -2.33. The van der Waals surface area contributed by atoms with E-state index >= 15 is 0 Å². The molecule has 1 rings (SSSR count). The van der Waals surface area contributed by atoms with Crippen LogP contribution in [0.25, 0.3) is 0 Å². The summed E-state index contributed by atoms with van der Waals surface area (Å²) < 4.78 is 4.99. The molecule has 1 aliphatic rings. The van der Waals surface area contributed by atoms with Crippen LogP contribution in [0.15, 0.2) is 12.2 Å². The molecule has 1 heterocycles. The fourth-order valence-electron chi connectivity index (χ4n) is 2.85. The maximum atomic E-state index is 12.0. The molecule has 1 unspecified atom stereocenters. The molecular formula is C18H31NO5. The summed E-state index contributed by atoms with van der Waals surface area (Å²) in [6, 6.07) is 0.0678. The van der Waals surface area contributed by atoms with Crippen molar-refractivity contribution in [2.75, 3.05) is 19.8 Å². The van der Waals surface area contributed by atoms with Crippen molar-refractivity contribution >= 4 is 11.9 Å². The summed E-state index contributed by atoms with van der Waals surface area (Å²) in [7, 11) is 0. The van der Waals surface area contributed by atoms with Crippen molar-refractivity contribution in [3.8, 4) is 0 Å². The molecular weight excluding hydrogens is 310 g/mol. The van der Waals surface area contributed by atoms with E-state index in [1.165, 1.54) is 0 Å². The van der Waals surface area contributed by atoms with Gasteiger partial charge in [0.05, 0.1) is 12.1 Å². The highest BCUT2D eigenvalue weighted by Gasteiger charge is 2.28. The fraction of sp³-hybridized carbons (Fsp3) is 0.778. The van der Waals surface area contributed by atoms with E-state index in [2.05, 4.69) is 6.92 Å². The Kier molecular flexibility index (Phi) is 10.4. The van der Waals surface area contributed by atoms with E-state index in [1.807, 2.05) is 17.1 Å². The Balaban J connectivity index is 2.28. The van der Waals surface area contributed by atoms with Gasteiger partial charge in [0, 0.05) is 19.6 Å². The molecule has 1 amide bonds. The first-order valence-corrected chi connectivity index (χ1v) is 9.00. The van der Waals surface area contributed by atoms with Crippen LogP contribution in [-0.2, 0) is 14.3 Å². The molecule has 0 aromatic carbocycles. The van der Waals surface area contributed by atoms with Gasteiger partial charge >= 0.3 is 5.97 Å². The molecule has 138 valence electrons. The van der Waals surface area contributed by atoms with Gasteiger partial charge in [-0.05, 0) is 25.7 Å². The molecule has 0 radical (unpaired) electrons. The number of likely N-dealkylation sites (tertiary alicyclic amines) is 1. The largest absolute Gasteiger partial charge is 0.480 e. The Morgan fingerprint density at radius 2 is 2.17 bits per heavy atom. The van der Waals surface area contributed by atoms with Crippen LogP contribution in [0.5, 0.6) is 0 Å².